The zero-order valence-electron chi connectivity index (χ0n) is 20.1. The van der Waals surface area contributed by atoms with E-state index in [1.807, 2.05) is 41.3 Å². The average Bonchev–Trinajstić information content (AvgIpc) is 3.28. The maximum atomic E-state index is 13.2. The summed E-state index contributed by atoms with van der Waals surface area (Å²) in [6.45, 7) is 9.29. The van der Waals surface area contributed by atoms with Gasteiger partial charge in [-0.15, -0.1) is 0 Å². The number of rotatable bonds is 3. The minimum atomic E-state index is -0.505. The van der Waals surface area contributed by atoms with Crippen molar-refractivity contribution in [2.45, 2.75) is 51.4 Å². The van der Waals surface area contributed by atoms with Crippen molar-refractivity contribution in [1.29, 1.82) is 0 Å². The summed E-state index contributed by atoms with van der Waals surface area (Å²) in [4.78, 5) is 29.6. The first-order valence-corrected chi connectivity index (χ1v) is 12.0. The normalized spacial score (nSPS) is 19.8. The predicted molar refractivity (Wildman–Crippen MR) is 128 cm³/mol. The first-order valence-electron chi connectivity index (χ1n) is 12.0. The Morgan fingerprint density at radius 1 is 1.03 bits per heavy atom. The number of nitrogens with zero attached hydrogens (tertiary/aromatic N) is 2. The van der Waals surface area contributed by atoms with Crippen molar-refractivity contribution in [3.8, 4) is 5.75 Å². The average molecular weight is 465 g/mol. The van der Waals surface area contributed by atoms with Crippen LogP contribution in [0.15, 0.2) is 42.5 Å². The number of likely N-dealkylation sites (tertiary alicyclic amines) is 1. The number of amides is 2. The van der Waals surface area contributed by atoms with Gasteiger partial charge in [0.15, 0.2) is 12.4 Å². The topological polar surface area (TPSA) is 68.3 Å². The quantitative estimate of drug-likeness (QED) is 0.690. The Morgan fingerprint density at radius 3 is 2.47 bits per heavy atom. The van der Waals surface area contributed by atoms with E-state index >= 15 is 0 Å². The van der Waals surface area contributed by atoms with E-state index in [9.17, 15) is 9.59 Å². The molecule has 0 aliphatic carbocycles. The van der Waals surface area contributed by atoms with Gasteiger partial charge in [-0.05, 0) is 40.8 Å². The van der Waals surface area contributed by atoms with Crippen molar-refractivity contribution in [2.75, 3.05) is 37.8 Å². The van der Waals surface area contributed by atoms with E-state index in [-0.39, 0.29) is 23.8 Å². The van der Waals surface area contributed by atoms with E-state index in [1.54, 1.807) is 4.90 Å². The molecule has 34 heavy (non-hydrogen) atoms. The zero-order valence-corrected chi connectivity index (χ0v) is 20.1. The van der Waals surface area contributed by atoms with Gasteiger partial charge < -0.3 is 24.0 Å². The molecule has 3 aliphatic rings. The molecule has 0 bridgehead atoms. The summed E-state index contributed by atoms with van der Waals surface area (Å²) < 4.78 is 17.2. The van der Waals surface area contributed by atoms with Crippen LogP contribution in [0.5, 0.6) is 5.75 Å². The molecule has 0 radical (unpaired) electrons. The summed E-state index contributed by atoms with van der Waals surface area (Å²) in [7, 11) is 0. The van der Waals surface area contributed by atoms with Gasteiger partial charge in [0, 0.05) is 31.5 Å². The Bertz CT molecular complexity index is 1090. The molecule has 5 rings (SSSR count). The lowest BCUT2D eigenvalue weighted by molar-refractivity contribution is -0.181. The Kier molecular flexibility index (Phi) is 5.86. The highest BCUT2D eigenvalue weighted by Crippen LogP contribution is 2.37. The van der Waals surface area contributed by atoms with Gasteiger partial charge >= 0.3 is 0 Å². The van der Waals surface area contributed by atoms with Crippen LogP contribution >= 0.6 is 0 Å². The Balaban J connectivity index is 1.33. The molecule has 0 saturated carbocycles. The largest absolute Gasteiger partial charge is 0.482 e. The van der Waals surface area contributed by atoms with Crippen LogP contribution in [-0.4, -0.2) is 55.4 Å². The summed E-state index contributed by atoms with van der Waals surface area (Å²) >= 11 is 0. The highest BCUT2D eigenvalue weighted by molar-refractivity contribution is 5.98. The van der Waals surface area contributed by atoms with Crippen molar-refractivity contribution in [3.63, 3.8) is 0 Å². The number of piperidine rings is 1. The number of hydrogen-bond donors (Lipinski definition) is 0. The number of ether oxygens (including phenoxy) is 3. The van der Waals surface area contributed by atoms with Crippen LogP contribution in [0.3, 0.4) is 0 Å². The molecule has 3 aliphatic heterocycles. The molecule has 2 fully saturated rings. The van der Waals surface area contributed by atoms with E-state index in [0.717, 1.165) is 16.8 Å². The Hall–Kier alpha value is -2.90. The summed E-state index contributed by atoms with van der Waals surface area (Å²) in [6.07, 6.45) is 1.38. The van der Waals surface area contributed by atoms with Gasteiger partial charge in [0.1, 0.15) is 5.75 Å². The van der Waals surface area contributed by atoms with E-state index in [2.05, 4.69) is 26.8 Å². The second-order valence-corrected chi connectivity index (χ2v) is 10.3. The standard InChI is InChI=1S/C27H32N2O5/c1-26(2,3)21-7-8-23-22(16-21)29(24(30)18-32-23)17-19-5-4-6-20(15-19)25(31)28-11-9-27(10-12-28)33-13-14-34-27/h4-8,15-16H,9-14,17-18H2,1-3H3. The van der Waals surface area contributed by atoms with Gasteiger partial charge in [0.2, 0.25) is 0 Å². The molecule has 7 heteroatoms. The lowest BCUT2D eigenvalue weighted by Gasteiger charge is -2.37. The van der Waals surface area contributed by atoms with Crippen molar-refractivity contribution >= 4 is 17.5 Å². The number of benzene rings is 2. The molecule has 3 heterocycles. The monoisotopic (exact) mass is 464 g/mol. The van der Waals surface area contributed by atoms with Crippen LogP contribution in [-0.2, 0) is 26.2 Å². The van der Waals surface area contributed by atoms with Crippen molar-refractivity contribution in [2.24, 2.45) is 0 Å². The number of anilines is 1. The second-order valence-electron chi connectivity index (χ2n) is 10.3. The SMILES string of the molecule is CC(C)(C)c1ccc2c(c1)N(Cc1cccc(C(=O)N3CCC4(CC3)OCCO4)c1)C(=O)CO2. The summed E-state index contributed by atoms with van der Waals surface area (Å²) in [6, 6.07) is 13.6. The molecular formula is C27H32N2O5. The molecule has 2 aromatic carbocycles. The molecule has 180 valence electrons. The lowest BCUT2D eigenvalue weighted by atomic mass is 9.86. The van der Waals surface area contributed by atoms with E-state index in [0.29, 0.717) is 57.0 Å². The number of fused-ring (bicyclic) bond motifs is 1. The molecule has 2 saturated heterocycles. The van der Waals surface area contributed by atoms with Gasteiger partial charge in [-0.2, -0.15) is 0 Å². The molecule has 2 amide bonds. The van der Waals surface area contributed by atoms with Gasteiger partial charge in [0.05, 0.1) is 25.4 Å². The zero-order chi connectivity index (χ0) is 23.9. The third-order valence-corrected chi connectivity index (χ3v) is 6.91. The fourth-order valence-electron chi connectivity index (χ4n) is 4.85. The molecular weight excluding hydrogens is 432 g/mol. The molecule has 2 aromatic rings. The third kappa shape index (κ3) is 4.42. The molecule has 7 nitrogen and oxygen atoms in total. The van der Waals surface area contributed by atoms with Crippen LogP contribution < -0.4 is 9.64 Å². The van der Waals surface area contributed by atoms with E-state index in [1.165, 1.54) is 0 Å². The van der Waals surface area contributed by atoms with Crippen LogP contribution in [0.2, 0.25) is 0 Å². The lowest BCUT2D eigenvalue weighted by Crippen LogP contribution is -2.47. The second kappa shape index (κ2) is 8.71. The highest BCUT2D eigenvalue weighted by Gasteiger charge is 2.41. The summed E-state index contributed by atoms with van der Waals surface area (Å²) in [5.41, 5.74) is 3.40. The van der Waals surface area contributed by atoms with Crippen molar-refractivity contribution in [1.82, 2.24) is 4.90 Å². The smallest absolute Gasteiger partial charge is 0.265 e. The Morgan fingerprint density at radius 2 is 1.76 bits per heavy atom. The van der Waals surface area contributed by atoms with Gasteiger partial charge in [0.25, 0.3) is 11.8 Å². The van der Waals surface area contributed by atoms with Gasteiger partial charge in [-0.25, -0.2) is 0 Å². The maximum absolute atomic E-state index is 13.2. The van der Waals surface area contributed by atoms with Crippen LogP contribution in [0.4, 0.5) is 5.69 Å². The first kappa shape index (κ1) is 22.9. The fraction of sp³-hybridized carbons (Fsp3) is 0.481. The molecule has 0 N–H and O–H groups in total. The number of hydrogen-bond acceptors (Lipinski definition) is 5. The first-order chi connectivity index (χ1) is 16.2. The van der Waals surface area contributed by atoms with Crippen LogP contribution in [0.25, 0.3) is 0 Å². The maximum Gasteiger partial charge on any atom is 0.265 e. The minimum absolute atomic E-state index is 0.00146. The number of carbonyl (C=O) groups is 2. The molecule has 0 aromatic heterocycles. The van der Waals surface area contributed by atoms with Crippen LogP contribution in [0, 0.1) is 0 Å². The van der Waals surface area contributed by atoms with Crippen LogP contribution in [0.1, 0.15) is 55.1 Å². The number of carbonyl (C=O) groups excluding carboxylic acids is 2. The predicted octanol–water partition coefficient (Wildman–Crippen LogP) is 3.89. The van der Waals surface area contributed by atoms with Gasteiger partial charge in [-0.1, -0.05) is 39.0 Å². The van der Waals surface area contributed by atoms with E-state index in [4.69, 9.17) is 14.2 Å². The minimum Gasteiger partial charge on any atom is -0.482 e. The van der Waals surface area contributed by atoms with Crippen molar-refractivity contribution < 1.29 is 23.8 Å². The fourth-order valence-corrected chi connectivity index (χ4v) is 4.85. The molecule has 0 atom stereocenters. The Labute approximate surface area is 200 Å². The summed E-state index contributed by atoms with van der Waals surface area (Å²) in [5, 5.41) is 0. The molecule has 1 spiro atoms. The molecule has 0 unspecified atom stereocenters. The van der Waals surface area contributed by atoms with E-state index < -0.39 is 5.79 Å². The van der Waals surface area contributed by atoms with Crippen molar-refractivity contribution in [3.05, 3.63) is 59.2 Å². The van der Waals surface area contributed by atoms with Gasteiger partial charge in [-0.3, -0.25) is 9.59 Å². The third-order valence-electron chi connectivity index (χ3n) is 6.91. The highest BCUT2D eigenvalue weighted by atomic mass is 16.7. The summed E-state index contributed by atoms with van der Waals surface area (Å²) in [5.74, 6) is 0.110.